The molecule has 0 N–H and O–H groups in total. The third-order valence-electron chi connectivity index (χ3n) is 4.11. The van der Waals surface area contributed by atoms with Crippen LogP contribution >= 0.6 is 0 Å². The Balaban J connectivity index is 0.000000470. The van der Waals surface area contributed by atoms with E-state index in [1.165, 1.54) is 0 Å². The Bertz CT molecular complexity index is 388. The van der Waals surface area contributed by atoms with Crippen molar-refractivity contribution in [2.75, 3.05) is 7.11 Å². The van der Waals surface area contributed by atoms with Crippen LogP contribution in [-0.2, 0) is 19.1 Å². The van der Waals surface area contributed by atoms with Gasteiger partial charge in [-0.15, -0.1) is 0 Å². The third-order valence-corrected chi connectivity index (χ3v) is 4.11. The van der Waals surface area contributed by atoms with Gasteiger partial charge < -0.3 is 9.64 Å². The second-order valence-electron chi connectivity index (χ2n) is 6.44. The van der Waals surface area contributed by atoms with Crippen molar-refractivity contribution in [2.45, 2.75) is 84.4 Å². The van der Waals surface area contributed by atoms with Gasteiger partial charge in [-0.1, -0.05) is 13.8 Å². The van der Waals surface area contributed by atoms with Gasteiger partial charge in [0.05, 0.1) is 11.6 Å². The lowest BCUT2D eigenvalue weighted by Gasteiger charge is -2.55. The first-order valence-corrected chi connectivity index (χ1v) is 8.03. The first-order valence-electron chi connectivity index (χ1n) is 8.03. The molecular weight excluding hydrogens is 282 g/mol. The molecule has 0 aromatic carbocycles. The molecule has 1 aliphatic carbocycles. The summed E-state index contributed by atoms with van der Waals surface area (Å²) < 4.78 is 4.94. The quantitative estimate of drug-likeness (QED) is 0.698. The van der Waals surface area contributed by atoms with Gasteiger partial charge in [0, 0.05) is 20.0 Å². The zero-order valence-electron chi connectivity index (χ0n) is 15.1. The smallest absolute Gasteiger partial charge is 0.211 e. The number of carbonyl (C=O) groups is 3. The van der Waals surface area contributed by atoms with Gasteiger partial charge in [0.2, 0.25) is 6.41 Å². The molecule has 1 heterocycles. The summed E-state index contributed by atoms with van der Waals surface area (Å²) >= 11 is 0. The summed E-state index contributed by atoms with van der Waals surface area (Å²) in [4.78, 5) is 35.1. The van der Waals surface area contributed by atoms with Crippen molar-refractivity contribution in [1.29, 1.82) is 0 Å². The molecule has 1 amide bonds. The number of amides is 1. The summed E-state index contributed by atoms with van der Waals surface area (Å²) in [5.74, 6) is 0.325. The summed E-state index contributed by atoms with van der Waals surface area (Å²) in [7, 11) is 1.71. The molecule has 0 bridgehead atoms. The number of likely N-dealkylation sites (tertiary alicyclic amines) is 1. The first kappa shape index (κ1) is 20.8. The molecule has 1 unspecified atom stereocenters. The van der Waals surface area contributed by atoms with E-state index in [1.54, 1.807) is 18.9 Å². The number of nitrogens with zero attached hydrogens (tertiary/aromatic N) is 1. The molecule has 5 heteroatoms. The lowest BCUT2D eigenvalue weighted by atomic mass is 9.68. The van der Waals surface area contributed by atoms with Crippen molar-refractivity contribution in [3.05, 3.63) is 0 Å². The lowest BCUT2D eigenvalue weighted by Crippen LogP contribution is -2.73. The van der Waals surface area contributed by atoms with Crippen LogP contribution in [0.15, 0.2) is 0 Å². The van der Waals surface area contributed by atoms with Crippen LogP contribution in [0.25, 0.3) is 0 Å². The standard InChI is InChI=1S/C10H13NO3.C5H12O.C2H6/c1-7-9(14)10(11(7)6-12)4-2-8(13)3-5-10;1-5(2,3)6-4;1-2/h6-7H,2-5H2,1H3;1-4H3;1-2H3. The van der Waals surface area contributed by atoms with Gasteiger partial charge in [-0.2, -0.15) is 0 Å². The molecule has 1 atom stereocenters. The van der Waals surface area contributed by atoms with Crippen LogP contribution < -0.4 is 0 Å². The van der Waals surface area contributed by atoms with Crippen molar-refractivity contribution < 1.29 is 19.1 Å². The number of methoxy groups -OCH3 is 1. The zero-order valence-corrected chi connectivity index (χ0v) is 15.1. The SMILES string of the molecule is CC.CC1C(=O)C2(CCC(=O)CC2)N1C=O.COC(C)(C)C. The second kappa shape index (κ2) is 8.42. The summed E-state index contributed by atoms with van der Waals surface area (Å²) in [5, 5.41) is 0. The van der Waals surface area contributed by atoms with Gasteiger partial charge >= 0.3 is 0 Å². The van der Waals surface area contributed by atoms with E-state index < -0.39 is 5.54 Å². The Hall–Kier alpha value is -1.23. The minimum absolute atomic E-state index is 0.0417. The Morgan fingerprint density at radius 1 is 1.18 bits per heavy atom. The van der Waals surface area contributed by atoms with Crippen LogP contribution in [0.2, 0.25) is 0 Å². The monoisotopic (exact) mass is 313 g/mol. The van der Waals surface area contributed by atoms with Gasteiger partial charge in [0.1, 0.15) is 11.3 Å². The molecule has 2 rings (SSSR count). The van der Waals surface area contributed by atoms with E-state index in [0.717, 1.165) is 6.41 Å². The van der Waals surface area contributed by atoms with Crippen LogP contribution in [-0.4, -0.2) is 47.2 Å². The third kappa shape index (κ3) is 4.63. The molecule has 128 valence electrons. The summed E-state index contributed by atoms with van der Waals surface area (Å²) in [6.07, 6.45) is 2.65. The highest BCUT2D eigenvalue weighted by Gasteiger charge is 2.58. The van der Waals surface area contributed by atoms with E-state index in [4.69, 9.17) is 4.74 Å². The van der Waals surface area contributed by atoms with E-state index in [2.05, 4.69) is 0 Å². The number of ether oxygens (including phenoxy) is 1. The minimum Gasteiger partial charge on any atom is -0.379 e. The van der Waals surface area contributed by atoms with Crippen molar-refractivity contribution in [1.82, 2.24) is 4.90 Å². The number of Topliss-reactive ketones (excluding diaryl/α,β-unsaturated/α-hetero) is 2. The van der Waals surface area contributed by atoms with Gasteiger partial charge in [0.25, 0.3) is 0 Å². The average molecular weight is 313 g/mol. The van der Waals surface area contributed by atoms with Crippen molar-refractivity contribution >= 4 is 18.0 Å². The molecule has 1 aliphatic heterocycles. The zero-order chi connectivity index (χ0) is 17.6. The van der Waals surface area contributed by atoms with Crippen molar-refractivity contribution in [3.8, 4) is 0 Å². The number of carbonyl (C=O) groups excluding carboxylic acids is 3. The maximum Gasteiger partial charge on any atom is 0.211 e. The summed E-state index contributed by atoms with van der Waals surface area (Å²) in [6.45, 7) is 11.8. The Morgan fingerprint density at radius 3 is 1.91 bits per heavy atom. The molecule has 0 aromatic heterocycles. The Kier molecular flexibility index (Phi) is 7.94. The molecule has 1 saturated heterocycles. The Morgan fingerprint density at radius 2 is 1.59 bits per heavy atom. The van der Waals surface area contributed by atoms with Crippen LogP contribution in [0.3, 0.4) is 0 Å². The highest BCUT2D eigenvalue weighted by Crippen LogP contribution is 2.42. The average Bonchev–Trinajstić information content (AvgIpc) is 2.51. The molecule has 1 spiro atoms. The molecule has 1 saturated carbocycles. The van der Waals surface area contributed by atoms with Crippen LogP contribution in [0, 0.1) is 0 Å². The Labute approximate surface area is 134 Å². The van der Waals surface area contributed by atoms with E-state index in [-0.39, 0.29) is 23.2 Å². The first-order chi connectivity index (χ1) is 10.2. The second-order valence-corrected chi connectivity index (χ2v) is 6.44. The van der Waals surface area contributed by atoms with Crippen LogP contribution in [0.5, 0.6) is 0 Å². The molecule has 5 nitrogen and oxygen atoms in total. The number of hydrogen-bond acceptors (Lipinski definition) is 4. The number of hydrogen-bond donors (Lipinski definition) is 0. The van der Waals surface area contributed by atoms with E-state index in [9.17, 15) is 14.4 Å². The maximum absolute atomic E-state index is 11.7. The highest BCUT2D eigenvalue weighted by molar-refractivity contribution is 6.03. The van der Waals surface area contributed by atoms with Gasteiger partial charge in [-0.3, -0.25) is 14.4 Å². The highest BCUT2D eigenvalue weighted by atomic mass is 16.5. The topological polar surface area (TPSA) is 63.7 Å². The maximum atomic E-state index is 11.7. The predicted octanol–water partition coefficient (Wildman–Crippen LogP) is 2.76. The van der Waals surface area contributed by atoms with Gasteiger partial charge in [-0.25, -0.2) is 0 Å². The van der Waals surface area contributed by atoms with E-state index >= 15 is 0 Å². The fraction of sp³-hybridized carbons (Fsp3) is 0.824. The summed E-state index contributed by atoms with van der Waals surface area (Å²) in [5.41, 5.74) is -0.574. The van der Waals surface area contributed by atoms with Crippen LogP contribution in [0.4, 0.5) is 0 Å². The van der Waals surface area contributed by atoms with Gasteiger partial charge in [-0.05, 0) is 40.5 Å². The van der Waals surface area contributed by atoms with Crippen molar-refractivity contribution in [2.24, 2.45) is 0 Å². The van der Waals surface area contributed by atoms with Gasteiger partial charge in [0.15, 0.2) is 5.78 Å². The fourth-order valence-electron chi connectivity index (χ4n) is 2.59. The molecular formula is C17H31NO4. The minimum atomic E-state index is -0.616. The lowest BCUT2D eigenvalue weighted by molar-refractivity contribution is -0.168. The fourth-order valence-corrected chi connectivity index (χ4v) is 2.59. The predicted molar refractivity (Wildman–Crippen MR) is 86.7 cm³/mol. The van der Waals surface area contributed by atoms with Crippen molar-refractivity contribution in [3.63, 3.8) is 0 Å². The number of rotatable bonds is 1. The molecule has 22 heavy (non-hydrogen) atoms. The normalized spacial score (nSPS) is 22.9. The molecule has 2 fully saturated rings. The largest absolute Gasteiger partial charge is 0.379 e. The molecule has 0 aromatic rings. The van der Waals surface area contributed by atoms with Crippen LogP contribution in [0.1, 0.15) is 67.2 Å². The summed E-state index contributed by atoms with van der Waals surface area (Å²) in [6, 6.07) is -0.291. The van der Waals surface area contributed by atoms with E-state index in [0.29, 0.717) is 25.7 Å². The number of ketones is 2. The molecule has 0 radical (unpaired) electrons. The van der Waals surface area contributed by atoms with E-state index in [1.807, 2.05) is 34.6 Å². The molecule has 2 aliphatic rings.